The molecule has 3 heterocycles. The highest BCUT2D eigenvalue weighted by Crippen LogP contribution is 2.76. The van der Waals surface area contributed by atoms with E-state index in [9.17, 15) is 0 Å². The molecule has 7 aliphatic rings. The summed E-state index contributed by atoms with van der Waals surface area (Å²) in [4.78, 5) is 4.24. The number of likely N-dealkylation sites (tertiary alicyclic amines) is 1. The Balaban J connectivity index is 1.10. The minimum absolute atomic E-state index is 0.0862. The first-order valence-electron chi connectivity index (χ1n) is 15.2. The van der Waals surface area contributed by atoms with Crippen molar-refractivity contribution in [3.8, 4) is 5.75 Å². The van der Waals surface area contributed by atoms with Gasteiger partial charge in [0.05, 0.1) is 13.2 Å². The molecule has 6 atom stereocenters. The van der Waals surface area contributed by atoms with Gasteiger partial charge in [-0.1, -0.05) is 30.3 Å². The molecule has 1 aromatic heterocycles. The minimum atomic E-state index is -0.287. The molecule has 10 rings (SSSR count). The number of aryl methyl sites for hydroxylation is 1. The standard InChI is InChI=1S/C34H39NO3S/c1-21-7-10-24-16-28-32-11-12-34(36-2,25(17-32)19-37-20-26-15-23-5-3-4-6-27(23)39-26)31-33(32,29(24)30(21)38-31)13-14-35(28)18-22-8-9-22/h3-7,10,15,22,25,28,31H,8-9,11-14,16-20H2,1-2H3/t25?,28-,31-,32-,33+,34?/m1/s1. The normalized spacial score (nSPS) is 37.7. The van der Waals surface area contributed by atoms with Gasteiger partial charge in [0, 0.05) is 51.6 Å². The van der Waals surface area contributed by atoms with Crippen LogP contribution < -0.4 is 4.74 Å². The Morgan fingerprint density at radius 1 is 1.10 bits per heavy atom. The van der Waals surface area contributed by atoms with Crippen LogP contribution in [0.1, 0.15) is 60.1 Å². The number of benzene rings is 2. The van der Waals surface area contributed by atoms with E-state index in [1.165, 1.54) is 77.9 Å². The largest absolute Gasteiger partial charge is 0.486 e. The number of hydrogen-bond acceptors (Lipinski definition) is 5. The van der Waals surface area contributed by atoms with Crippen molar-refractivity contribution in [1.82, 2.24) is 4.90 Å². The molecule has 2 aromatic carbocycles. The molecule has 2 aliphatic heterocycles. The summed E-state index contributed by atoms with van der Waals surface area (Å²) in [6, 6.07) is 16.3. The summed E-state index contributed by atoms with van der Waals surface area (Å²) >= 11 is 1.86. The molecule has 1 saturated heterocycles. The van der Waals surface area contributed by atoms with E-state index in [1.54, 1.807) is 11.1 Å². The van der Waals surface area contributed by atoms with Gasteiger partial charge in [-0.05, 0) is 93.0 Å². The Morgan fingerprint density at radius 3 is 2.85 bits per heavy atom. The van der Waals surface area contributed by atoms with Crippen LogP contribution in [0.3, 0.4) is 0 Å². The van der Waals surface area contributed by atoms with Crippen molar-refractivity contribution in [3.05, 3.63) is 64.0 Å². The molecule has 5 aliphatic carbocycles. The average molecular weight is 542 g/mol. The van der Waals surface area contributed by atoms with Gasteiger partial charge in [0.25, 0.3) is 0 Å². The molecule has 0 N–H and O–H groups in total. The summed E-state index contributed by atoms with van der Waals surface area (Å²) in [6.45, 7) is 6.18. The monoisotopic (exact) mass is 541 g/mol. The second-order valence-corrected chi connectivity index (χ2v) is 14.8. The highest BCUT2D eigenvalue weighted by atomic mass is 32.1. The van der Waals surface area contributed by atoms with Crippen molar-refractivity contribution >= 4 is 21.4 Å². The van der Waals surface area contributed by atoms with E-state index in [1.807, 2.05) is 18.4 Å². The fourth-order valence-electron chi connectivity index (χ4n) is 10.3. The van der Waals surface area contributed by atoms with Crippen LogP contribution in [0.15, 0.2) is 42.5 Å². The van der Waals surface area contributed by atoms with Gasteiger partial charge in [0.2, 0.25) is 0 Å². The van der Waals surface area contributed by atoms with Crippen molar-refractivity contribution in [3.63, 3.8) is 0 Å². The van der Waals surface area contributed by atoms with Crippen LogP contribution in [0.5, 0.6) is 5.75 Å². The van der Waals surface area contributed by atoms with Gasteiger partial charge in [0.15, 0.2) is 0 Å². The van der Waals surface area contributed by atoms with E-state index in [0.29, 0.717) is 18.6 Å². The quantitative estimate of drug-likeness (QED) is 0.335. The summed E-state index contributed by atoms with van der Waals surface area (Å²) in [7, 11) is 1.95. The number of piperidine rings is 1. The third kappa shape index (κ3) is 2.96. The zero-order valence-corrected chi connectivity index (χ0v) is 24.0. The summed E-state index contributed by atoms with van der Waals surface area (Å²) in [6.07, 6.45) is 8.88. The SMILES string of the molecule is COC12CC[C@@]3(CC1COCc1cc4ccccc4s1)[C@H]1Cc4ccc(C)c5c4[C@@]3(CCN1CC1CC1)[C@H]2O5. The maximum Gasteiger partial charge on any atom is 0.138 e. The molecular formula is C34H39NO3S. The maximum atomic E-state index is 7.20. The van der Waals surface area contributed by atoms with E-state index in [-0.39, 0.29) is 22.5 Å². The summed E-state index contributed by atoms with van der Waals surface area (Å²) in [5.74, 6) is 2.47. The second-order valence-electron chi connectivity index (χ2n) is 13.6. The lowest BCUT2D eigenvalue weighted by Gasteiger charge is -2.74. The molecule has 4 bridgehead atoms. The van der Waals surface area contributed by atoms with E-state index in [0.717, 1.165) is 18.9 Å². The predicted molar refractivity (Wildman–Crippen MR) is 155 cm³/mol. The van der Waals surface area contributed by atoms with Crippen LogP contribution in [-0.2, 0) is 27.9 Å². The van der Waals surface area contributed by atoms with Gasteiger partial charge in [-0.3, -0.25) is 4.90 Å². The predicted octanol–water partition coefficient (Wildman–Crippen LogP) is 6.65. The Hall–Kier alpha value is -1.92. The zero-order chi connectivity index (χ0) is 26.0. The third-order valence-electron chi connectivity index (χ3n) is 12.1. The molecule has 2 unspecified atom stereocenters. The first-order valence-corrected chi connectivity index (χ1v) is 16.0. The van der Waals surface area contributed by atoms with Gasteiger partial charge < -0.3 is 14.2 Å². The summed E-state index contributed by atoms with van der Waals surface area (Å²) < 4.78 is 21.8. The van der Waals surface area contributed by atoms with Gasteiger partial charge >= 0.3 is 0 Å². The smallest absolute Gasteiger partial charge is 0.138 e. The molecule has 3 aromatic rings. The number of nitrogens with zero attached hydrogens (tertiary/aromatic N) is 1. The van der Waals surface area contributed by atoms with E-state index in [2.05, 4.69) is 54.3 Å². The zero-order valence-electron chi connectivity index (χ0n) is 23.2. The molecule has 0 radical (unpaired) electrons. The van der Waals surface area contributed by atoms with E-state index in [4.69, 9.17) is 14.2 Å². The highest BCUT2D eigenvalue weighted by molar-refractivity contribution is 7.19. The van der Waals surface area contributed by atoms with Gasteiger partial charge in [-0.2, -0.15) is 0 Å². The minimum Gasteiger partial charge on any atom is -0.486 e. The number of hydrogen-bond donors (Lipinski definition) is 0. The average Bonchev–Trinajstić information content (AvgIpc) is 3.54. The van der Waals surface area contributed by atoms with Crippen molar-refractivity contribution in [2.24, 2.45) is 17.3 Å². The summed E-state index contributed by atoms with van der Waals surface area (Å²) in [5, 5.41) is 1.32. The van der Waals surface area contributed by atoms with Crippen LogP contribution in [0.25, 0.3) is 10.1 Å². The first-order chi connectivity index (χ1) is 19.1. The van der Waals surface area contributed by atoms with Crippen molar-refractivity contribution in [2.45, 2.75) is 81.6 Å². The molecule has 39 heavy (non-hydrogen) atoms. The molecule has 4 nitrogen and oxygen atoms in total. The van der Waals surface area contributed by atoms with Crippen molar-refractivity contribution in [2.75, 3.05) is 26.8 Å². The van der Waals surface area contributed by atoms with Gasteiger partial charge in [0.1, 0.15) is 17.5 Å². The van der Waals surface area contributed by atoms with Crippen LogP contribution >= 0.6 is 11.3 Å². The Morgan fingerprint density at radius 2 is 2.00 bits per heavy atom. The van der Waals surface area contributed by atoms with Crippen LogP contribution in [0.2, 0.25) is 0 Å². The Bertz CT molecular complexity index is 1450. The molecule has 2 spiro atoms. The molecule has 5 fully saturated rings. The number of methoxy groups -OCH3 is 1. The molecule has 0 amide bonds. The van der Waals surface area contributed by atoms with E-state index < -0.39 is 0 Å². The van der Waals surface area contributed by atoms with Crippen LogP contribution in [0.4, 0.5) is 0 Å². The first kappa shape index (κ1) is 23.8. The van der Waals surface area contributed by atoms with Gasteiger partial charge in [-0.15, -0.1) is 11.3 Å². The highest BCUT2D eigenvalue weighted by Gasteiger charge is 2.80. The lowest BCUT2D eigenvalue weighted by molar-refractivity contribution is -0.283. The van der Waals surface area contributed by atoms with Gasteiger partial charge in [-0.25, -0.2) is 0 Å². The lowest BCUT2D eigenvalue weighted by atomic mass is 9.35. The fourth-order valence-corrected chi connectivity index (χ4v) is 11.3. The number of thiophene rings is 1. The lowest BCUT2D eigenvalue weighted by Crippen LogP contribution is -2.81. The molecule has 5 heteroatoms. The van der Waals surface area contributed by atoms with Crippen LogP contribution in [-0.4, -0.2) is 49.5 Å². The Labute approximate surface area is 235 Å². The fraction of sp³-hybridized carbons (Fsp3) is 0.588. The number of ether oxygens (including phenoxy) is 3. The number of rotatable bonds is 7. The molecular weight excluding hydrogens is 502 g/mol. The van der Waals surface area contributed by atoms with Crippen molar-refractivity contribution in [1.29, 1.82) is 0 Å². The summed E-state index contributed by atoms with van der Waals surface area (Å²) in [5.41, 5.74) is 4.50. The molecule has 4 saturated carbocycles. The third-order valence-corrected chi connectivity index (χ3v) is 13.2. The van der Waals surface area contributed by atoms with E-state index >= 15 is 0 Å². The number of fused-ring (bicyclic) bond motifs is 3. The topological polar surface area (TPSA) is 30.9 Å². The molecule has 204 valence electrons. The Kier molecular flexibility index (Phi) is 4.93. The van der Waals surface area contributed by atoms with Crippen LogP contribution in [0, 0.1) is 24.2 Å². The second kappa shape index (κ2) is 8.09. The maximum absolute atomic E-state index is 7.20. The van der Waals surface area contributed by atoms with Crippen molar-refractivity contribution < 1.29 is 14.2 Å².